The third kappa shape index (κ3) is 11.1. The van der Waals surface area contributed by atoms with E-state index in [1.165, 1.54) is 161 Å². The number of nitrogens with zero attached hydrogens (tertiary/aromatic N) is 4. The average Bonchev–Trinajstić information content (AvgIpc) is 1.50. The van der Waals surface area contributed by atoms with Gasteiger partial charge in [-0.1, -0.05) is 426 Å². The quantitative estimate of drug-likeness (QED) is 0.114. The third-order valence-electron chi connectivity index (χ3n) is 31.5. The summed E-state index contributed by atoms with van der Waals surface area (Å²) < 4.78 is 5.10. The monoisotopic (exact) mass is 1760 g/mol. The lowest BCUT2D eigenvalue weighted by Crippen LogP contribution is -2.33. The van der Waals surface area contributed by atoms with Crippen molar-refractivity contribution < 1.29 is 0 Å². The van der Waals surface area contributed by atoms with Crippen molar-refractivity contribution in [2.24, 2.45) is 0 Å². The van der Waals surface area contributed by atoms with E-state index in [2.05, 4.69) is 530 Å². The number of anilines is 6. The Bertz CT molecular complexity index is 9340. The maximum absolute atomic E-state index is 2.61. The van der Waals surface area contributed by atoms with E-state index in [0.717, 1.165) is 106 Å². The van der Waals surface area contributed by atoms with E-state index < -0.39 is 16.2 Å². The van der Waals surface area contributed by atoms with E-state index in [-0.39, 0.29) is 0 Å². The highest BCUT2D eigenvalue weighted by Gasteiger charge is 2.54. The SMILES string of the molecule is CC1(C)c2cc(N(c3ccccc3-c3ccc4c(c3)C3(c5ccccc5-4)c4ccccc4-n4c5ccccc5c5cccc3c54)c3ccccc3-c3ccccc3-c3ccccc3)ccc2-c2cccc(-c3ccc(N(c4ccccc4-c4ccccc4-c4ccccc4)c4cccc5ccccc45)c(-c4ccc5c(c4)C4(c6ccccc6-5)c5ccccc5-n5c6ccccc6c6cccc4c65)c3)c21. The Kier molecular flexibility index (Phi) is 17.1. The first-order valence-corrected chi connectivity index (χ1v) is 48.6. The minimum atomic E-state index is -0.716. The predicted octanol–water partition coefficient (Wildman–Crippen LogP) is 35.3. The molecular weight excluding hydrogens is 1680 g/mol. The number of hydrogen-bond donors (Lipinski definition) is 0. The number of aromatic nitrogens is 2. The van der Waals surface area contributed by atoms with Crippen LogP contribution in [0, 0.1) is 0 Å². The number of para-hydroxylation sites is 9. The van der Waals surface area contributed by atoms with Crippen molar-refractivity contribution >= 4 is 88.5 Å². The van der Waals surface area contributed by atoms with Gasteiger partial charge in [0.1, 0.15) is 0 Å². The van der Waals surface area contributed by atoms with E-state index >= 15 is 0 Å². The van der Waals surface area contributed by atoms with Crippen LogP contribution in [0.5, 0.6) is 0 Å². The summed E-state index contributed by atoms with van der Waals surface area (Å²) >= 11 is 0. The standard InChI is InChI=1S/C135H88N4/c1-133(2)118-84-91(136(123-66-27-18-51-104(123)97-47-13-11-43-92(97)85-37-5-3-6-38-85)121-65-26-17-46-95(121)89-73-77-101-99-49-15-22-59-112(99)134(119(101)82-89)114-61-24-31-70-128(114)138-125-68-29-20-53-106(125)109-57-35-63-116(134)131(109)138)76-79-103(118)108-56-34-55-96(130(108)133)88-75-80-127(137(122-72-33-42-87-41-9-10-45-94(87)122)124-67-28-19-52-105(124)98-48-14-12-44-93(98)86-39-7-4-8-40-86)111(81-88)90-74-78-102-100-50-16-23-60-113(100)135(120(102)83-90)115-62-25-32-71-129(115)139-126-69-30-21-54-107(126)110-58-36-64-117(135)132(110)139/h3-84H,1-2H3. The number of hydrogen-bond acceptors (Lipinski definition) is 2. The molecule has 4 heterocycles. The number of rotatable bonds is 13. The summed E-state index contributed by atoms with van der Waals surface area (Å²) in [4.78, 5) is 5.19. The lowest BCUT2D eigenvalue weighted by atomic mass is 9.65. The molecule has 2 aliphatic heterocycles. The van der Waals surface area contributed by atoms with Crippen LogP contribution in [0.25, 0.3) is 177 Å². The first kappa shape index (κ1) is 78.8. The van der Waals surface area contributed by atoms with Crippen LogP contribution in [0.2, 0.25) is 0 Å². The molecule has 5 aliphatic rings. The highest BCUT2D eigenvalue weighted by molar-refractivity contribution is 6.16. The van der Waals surface area contributed by atoms with E-state index in [1.807, 2.05) is 0 Å². The molecule has 2 spiro atoms. The smallest absolute Gasteiger partial charge is 0.0754 e. The Morgan fingerprint density at radius 1 is 0.180 bits per heavy atom. The second-order valence-electron chi connectivity index (χ2n) is 38.6. The molecule has 139 heavy (non-hydrogen) atoms. The van der Waals surface area contributed by atoms with Crippen LogP contribution in [0.4, 0.5) is 34.1 Å². The molecule has 24 aromatic rings. The number of benzene rings is 22. The summed E-state index contributed by atoms with van der Waals surface area (Å²) in [6.07, 6.45) is 0. The molecule has 4 nitrogen and oxygen atoms in total. The van der Waals surface area contributed by atoms with Crippen LogP contribution >= 0.6 is 0 Å². The van der Waals surface area contributed by atoms with Gasteiger partial charge in [0.25, 0.3) is 0 Å². The minimum Gasteiger partial charge on any atom is -0.309 e. The molecule has 2 unspecified atom stereocenters. The van der Waals surface area contributed by atoms with Crippen LogP contribution in [0.3, 0.4) is 0 Å². The van der Waals surface area contributed by atoms with Crippen LogP contribution in [-0.2, 0) is 16.2 Å². The average molecular weight is 1770 g/mol. The third-order valence-corrected chi connectivity index (χ3v) is 31.5. The molecule has 2 aromatic heterocycles. The van der Waals surface area contributed by atoms with Crippen LogP contribution < -0.4 is 9.80 Å². The Hall–Kier alpha value is -17.7. The zero-order valence-corrected chi connectivity index (χ0v) is 76.6. The largest absolute Gasteiger partial charge is 0.309 e. The Balaban J connectivity index is 0.643. The molecule has 648 valence electrons. The fourth-order valence-electron chi connectivity index (χ4n) is 25.9. The Labute approximate surface area is 807 Å². The van der Waals surface area contributed by atoms with Gasteiger partial charge in [0.15, 0.2) is 0 Å². The van der Waals surface area contributed by atoms with E-state index in [0.29, 0.717) is 0 Å². The second-order valence-corrected chi connectivity index (χ2v) is 38.6. The van der Waals surface area contributed by atoms with Gasteiger partial charge < -0.3 is 18.9 Å². The zero-order chi connectivity index (χ0) is 91.5. The lowest BCUT2D eigenvalue weighted by molar-refractivity contribution is 0.662. The molecular formula is C135H88N4. The van der Waals surface area contributed by atoms with E-state index in [4.69, 9.17) is 0 Å². The molecule has 0 N–H and O–H groups in total. The molecule has 22 aromatic carbocycles. The first-order valence-electron chi connectivity index (χ1n) is 48.6. The van der Waals surface area contributed by atoms with Gasteiger partial charge in [-0.2, -0.15) is 0 Å². The van der Waals surface area contributed by atoms with Gasteiger partial charge in [0.05, 0.1) is 72.7 Å². The maximum atomic E-state index is 2.61. The Morgan fingerprint density at radius 3 is 1.10 bits per heavy atom. The molecule has 2 atom stereocenters. The summed E-state index contributed by atoms with van der Waals surface area (Å²) in [6, 6.07) is 189. The summed E-state index contributed by atoms with van der Waals surface area (Å²) in [6.45, 7) is 4.97. The summed E-state index contributed by atoms with van der Waals surface area (Å²) in [7, 11) is 0. The van der Waals surface area contributed by atoms with Crippen molar-refractivity contribution in [2.75, 3.05) is 9.80 Å². The fourth-order valence-corrected chi connectivity index (χ4v) is 25.9. The predicted molar refractivity (Wildman–Crippen MR) is 579 cm³/mol. The normalized spacial score (nSPS) is 14.9. The van der Waals surface area contributed by atoms with Crippen molar-refractivity contribution in [3.63, 3.8) is 0 Å². The van der Waals surface area contributed by atoms with Gasteiger partial charge >= 0.3 is 0 Å². The van der Waals surface area contributed by atoms with Crippen LogP contribution in [0.15, 0.2) is 497 Å². The zero-order valence-electron chi connectivity index (χ0n) is 76.6. The molecule has 0 bridgehead atoms. The molecule has 0 saturated carbocycles. The molecule has 0 radical (unpaired) electrons. The molecule has 0 amide bonds. The van der Waals surface area contributed by atoms with Gasteiger partial charge in [0.2, 0.25) is 0 Å². The van der Waals surface area contributed by atoms with Crippen molar-refractivity contribution in [3.8, 4) is 123 Å². The van der Waals surface area contributed by atoms with Crippen molar-refractivity contribution in [3.05, 3.63) is 553 Å². The van der Waals surface area contributed by atoms with Gasteiger partial charge in [-0.15, -0.1) is 0 Å². The molecule has 0 fully saturated rings. The lowest BCUT2D eigenvalue weighted by Gasteiger charge is -2.39. The van der Waals surface area contributed by atoms with Crippen molar-refractivity contribution in [2.45, 2.75) is 30.1 Å². The van der Waals surface area contributed by atoms with E-state index in [1.54, 1.807) is 0 Å². The van der Waals surface area contributed by atoms with Gasteiger partial charge in [-0.3, -0.25) is 0 Å². The van der Waals surface area contributed by atoms with E-state index in [9.17, 15) is 0 Å². The van der Waals surface area contributed by atoms with Crippen molar-refractivity contribution in [1.82, 2.24) is 9.13 Å². The molecule has 3 aliphatic carbocycles. The highest BCUT2D eigenvalue weighted by Crippen LogP contribution is 2.66. The molecule has 0 saturated heterocycles. The topological polar surface area (TPSA) is 16.3 Å². The minimum absolute atomic E-state index is 0.557. The summed E-state index contributed by atoms with van der Waals surface area (Å²) in [5.41, 5.74) is 48.1. The van der Waals surface area contributed by atoms with Gasteiger partial charge in [0, 0.05) is 60.3 Å². The number of fused-ring (bicyclic) bond motifs is 28. The van der Waals surface area contributed by atoms with Crippen LogP contribution in [-0.4, -0.2) is 9.13 Å². The molecule has 4 heteroatoms. The summed E-state index contributed by atoms with van der Waals surface area (Å²) in [5.74, 6) is 0. The fraction of sp³-hybridized carbons (Fsp3) is 0.0370. The maximum Gasteiger partial charge on any atom is 0.0754 e. The summed E-state index contributed by atoms with van der Waals surface area (Å²) in [5, 5.41) is 7.34. The second kappa shape index (κ2) is 30.2. The highest BCUT2D eigenvalue weighted by atomic mass is 15.2. The van der Waals surface area contributed by atoms with Crippen LogP contribution in [0.1, 0.15) is 69.5 Å². The van der Waals surface area contributed by atoms with Gasteiger partial charge in [-0.05, 0) is 235 Å². The molecule has 29 rings (SSSR count). The first-order chi connectivity index (χ1) is 68.8. The van der Waals surface area contributed by atoms with Crippen molar-refractivity contribution in [1.29, 1.82) is 0 Å². The Morgan fingerprint density at radius 2 is 0.532 bits per heavy atom. The van der Waals surface area contributed by atoms with Gasteiger partial charge in [-0.25, -0.2) is 0 Å².